The predicted octanol–water partition coefficient (Wildman–Crippen LogP) is 3.02. The molecule has 0 aliphatic rings. The van der Waals surface area contributed by atoms with Gasteiger partial charge in [-0.05, 0) is 24.1 Å². The molecule has 0 saturated carbocycles. The zero-order valence-electron chi connectivity index (χ0n) is 10.7. The van der Waals surface area contributed by atoms with E-state index in [1.807, 2.05) is 38.1 Å². The number of ether oxygens (including phenoxy) is 1. The van der Waals surface area contributed by atoms with Gasteiger partial charge in [-0.15, -0.1) is 0 Å². The van der Waals surface area contributed by atoms with Crippen LogP contribution in [-0.4, -0.2) is 17.6 Å². The van der Waals surface area contributed by atoms with E-state index in [1.54, 1.807) is 0 Å². The van der Waals surface area contributed by atoms with Crippen LogP contribution in [-0.2, 0) is 11.3 Å². The van der Waals surface area contributed by atoms with Gasteiger partial charge in [0.05, 0.1) is 6.61 Å². The Morgan fingerprint density at radius 3 is 2.83 bits per heavy atom. The zero-order chi connectivity index (χ0) is 13.6. The number of benzene rings is 1. The maximum atomic E-state index is 8.64. The van der Waals surface area contributed by atoms with E-state index in [2.05, 4.69) is 5.16 Å². The number of oxime groups is 1. The summed E-state index contributed by atoms with van der Waals surface area (Å²) in [5.41, 5.74) is 6.25. The molecule has 0 atom stereocenters. The van der Waals surface area contributed by atoms with Gasteiger partial charge in [-0.25, -0.2) is 0 Å². The van der Waals surface area contributed by atoms with Crippen molar-refractivity contribution in [1.82, 2.24) is 0 Å². The van der Waals surface area contributed by atoms with Crippen LogP contribution in [0.4, 0.5) is 0 Å². The van der Waals surface area contributed by atoms with Crippen molar-refractivity contribution >= 4 is 17.4 Å². The van der Waals surface area contributed by atoms with Crippen LogP contribution in [0.5, 0.6) is 0 Å². The zero-order valence-corrected chi connectivity index (χ0v) is 11.4. The number of hydrogen-bond acceptors (Lipinski definition) is 3. The summed E-state index contributed by atoms with van der Waals surface area (Å²) < 4.78 is 5.55. The van der Waals surface area contributed by atoms with Crippen LogP contribution in [0.3, 0.4) is 0 Å². The van der Waals surface area contributed by atoms with E-state index in [1.165, 1.54) is 0 Å². The second kappa shape index (κ2) is 6.61. The van der Waals surface area contributed by atoms with Crippen LogP contribution in [0.2, 0.25) is 5.02 Å². The molecular weight excluding hydrogens is 252 g/mol. The largest absolute Gasteiger partial charge is 0.409 e. The van der Waals surface area contributed by atoms with Crippen LogP contribution < -0.4 is 5.73 Å². The monoisotopic (exact) mass is 270 g/mol. The van der Waals surface area contributed by atoms with Crippen molar-refractivity contribution in [3.8, 4) is 0 Å². The highest BCUT2D eigenvalue weighted by Crippen LogP contribution is 2.20. The fourth-order valence-electron chi connectivity index (χ4n) is 1.41. The van der Waals surface area contributed by atoms with E-state index in [0.29, 0.717) is 24.7 Å². The Bertz CT molecular complexity index is 419. The molecule has 0 heterocycles. The molecule has 3 N–H and O–H groups in total. The van der Waals surface area contributed by atoms with Crippen molar-refractivity contribution in [1.29, 1.82) is 0 Å². The minimum absolute atomic E-state index is 0.217. The molecule has 0 aromatic heterocycles. The van der Waals surface area contributed by atoms with Crippen LogP contribution in [0.15, 0.2) is 29.4 Å². The summed E-state index contributed by atoms with van der Waals surface area (Å²) in [7, 11) is 0. The van der Waals surface area contributed by atoms with Crippen molar-refractivity contribution in [3.05, 3.63) is 34.9 Å². The van der Waals surface area contributed by atoms with Gasteiger partial charge in [0, 0.05) is 17.0 Å². The third-order valence-electron chi connectivity index (χ3n) is 2.83. The molecule has 18 heavy (non-hydrogen) atoms. The molecule has 1 aromatic rings. The third-order valence-corrected chi connectivity index (χ3v) is 3.07. The lowest BCUT2D eigenvalue weighted by molar-refractivity contribution is 0.103. The first-order valence-electron chi connectivity index (χ1n) is 5.76. The highest BCUT2D eigenvalue weighted by molar-refractivity contribution is 6.30. The molecule has 0 aliphatic heterocycles. The molecule has 0 saturated heterocycles. The molecule has 0 spiro atoms. The highest BCUT2D eigenvalue weighted by atomic mass is 35.5. The lowest BCUT2D eigenvalue weighted by Gasteiger charge is -2.22. The van der Waals surface area contributed by atoms with Crippen LogP contribution in [0.25, 0.3) is 0 Å². The Labute approximate surface area is 112 Å². The predicted molar refractivity (Wildman–Crippen MR) is 72.9 cm³/mol. The first kappa shape index (κ1) is 14.8. The van der Waals surface area contributed by atoms with Gasteiger partial charge in [-0.1, -0.05) is 42.7 Å². The molecular formula is C13H19ClN2O2. The summed E-state index contributed by atoms with van der Waals surface area (Å²) in [5.74, 6) is 0.217. The number of nitrogens with zero attached hydrogens (tertiary/aromatic N) is 1. The van der Waals surface area contributed by atoms with Gasteiger partial charge in [0.15, 0.2) is 0 Å². The first-order valence-corrected chi connectivity index (χ1v) is 6.14. The molecule has 1 aromatic carbocycles. The van der Waals surface area contributed by atoms with Gasteiger partial charge >= 0.3 is 0 Å². The molecule has 4 nitrogen and oxygen atoms in total. The van der Waals surface area contributed by atoms with Crippen molar-refractivity contribution in [2.24, 2.45) is 16.3 Å². The highest BCUT2D eigenvalue weighted by Gasteiger charge is 2.23. The second-order valence-electron chi connectivity index (χ2n) is 4.80. The SMILES string of the molecule is CC(C)(CCOCc1cccc(Cl)c1)C(N)=NO. The van der Waals surface area contributed by atoms with E-state index in [-0.39, 0.29) is 11.3 Å². The van der Waals surface area contributed by atoms with Crippen molar-refractivity contribution in [2.45, 2.75) is 26.9 Å². The molecule has 100 valence electrons. The van der Waals surface area contributed by atoms with Gasteiger partial charge in [-0.2, -0.15) is 0 Å². The van der Waals surface area contributed by atoms with Gasteiger partial charge in [0.1, 0.15) is 5.84 Å². The second-order valence-corrected chi connectivity index (χ2v) is 5.24. The fraction of sp³-hybridized carbons (Fsp3) is 0.462. The number of amidine groups is 1. The van der Waals surface area contributed by atoms with Gasteiger partial charge in [0.25, 0.3) is 0 Å². The molecule has 0 amide bonds. The number of hydrogen-bond donors (Lipinski definition) is 2. The van der Waals surface area contributed by atoms with E-state index in [0.717, 1.165) is 5.56 Å². The number of rotatable bonds is 6. The van der Waals surface area contributed by atoms with Crippen LogP contribution in [0, 0.1) is 5.41 Å². The average Bonchev–Trinajstić information content (AvgIpc) is 2.33. The van der Waals surface area contributed by atoms with Crippen molar-refractivity contribution in [2.75, 3.05) is 6.61 Å². The van der Waals surface area contributed by atoms with E-state index >= 15 is 0 Å². The molecule has 0 radical (unpaired) electrons. The minimum Gasteiger partial charge on any atom is -0.409 e. The maximum absolute atomic E-state index is 8.64. The summed E-state index contributed by atoms with van der Waals surface area (Å²) in [6, 6.07) is 7.55. The summed E-state index contributed by atoms with van der Waals surface area (Å²) in [5, 5.41) is 12.4. The topological polar surface area (TPSA) is 67.8 Å². The lowest BCUT2D eigenvalue weighted by Crippen LogP contribution is -2.33. The number of nitrogens with two attached hydrogens (primary N) is 1. The molecule has 0 unspecified atom stereocenters. The van der Waals surface area contributed by atoms with Crippen molar-refractivity contribution in [3.63, 3.8) is 0 Å². The molecule has 1 rings (SSSR count). The lowest BCUT2D eigenvalue weighted by atomic mass is 9.88. The average molecular weight is 271 g/mol. The van der Waals surface area contributed by atoms with Crippen LogP contribution >= 0.6 is 11.6 Å². The Morgan fingerprint density at radius 1 is 1.50 bits per heavy atom. The first-order chi connectivity index (χ1) is 8.45. The molecule has 0 aliphatic carbocycles. The third kappa shape index (κ3) is 4.55. The molecule has 5 heteroatoms. The maximum Gasteiger partial charge on any atom is 0.144 e. The summed E-state index contributed by atoms with van der Waals surface area (Å²) >= 11 is 5.88. The minimum atomic E-state index is -0.372. The van der Waals surface area contributed by atoms with Gasteiger partial charge < -0.3 is 15.7 Å². The summed E-state index contributed by atoms with van der Waals surface area (Å²) in [6.07, 6.45) is 0.684. The molecule has 0 fully saturated rings. The standard InChI is InChI=1S/C13H19ClN2O2/c1-13(2,12(15)16-17)6-7-18-9-10-4-3-5-11(14)8-10/h3-5,8,17H,6-7,9H2,1-2H3,(H2,15,16). The summed E-state index contributed by atoms with van der Waals surface area (Å²) in [6.45, 7) is 4.86. The van der Waals surface area contributed by atoms with E-state index in [9.17, 15) is 0 Å². The Hall–Kier alpha value is -1.26. The quantitative estimate of drug-likeness (QED) is 0.274. The fourth-order valence-corrected chi connectivity index (χ4v) is 1.62. The van der Waals surface area contributed by atoms with Crippen LogP contribution in [0.1, 0.15) is 25.8 Å². The van der Waals surface area contributed by atoms with Crippen molar-refractivity contribution < 1.29 is 9.94 Å². The number of halogens is 1. The van der Waals surface area contributed by atoms with E-state index in [4.69, 9.17) is 27.3 Å². The van der Waals surface area contributed by atoms with Gasteiger partial charge in [-0.3, -0.25) is 0 Å². The van der Waals surface area contributed by atoms with Gasteiger partial charge in [0.2, 0.25) is 0 Å². The Morgan fingerprint density at radius 2 is 2.22 bits per heavy atom. The normalized spacial score (nSPS) is 12.7. The molecule has 0 bridgehead atoms. The smallest absolute Gasteiger partial charge is 0.144 e. The van der Waals surface area contributed by atoms with E-state index < -0.39 is 0 Å². The Balaban J connectivity index is 2.35. The Kier molecular flexibility index (Phi) is 5.44. The summed E-state index contributed by atoms with van der Waals surface area (Å²) in [4.78, 5) is 0.